The van der Waals surface area contributed by atoms with Gasteiger partial charge in [-0.25, -0.2) is 4.79 Å². The number of imide groups is 1. The number of carbonyl (C=O) groups excluding carboxylic acids is 2. The van der Waals surface area contributed by atoms with Crippen LogP contribution in [0.1, 0.15) is 26.0 Å². The molecule has 0 saturated carbocycles. The van der Waals surface area contributed by atoms with Crippen LogP contribution in [-0.2, 0) is 16.9 Å². The van der Waals surface area contributed by atoms with E-state index in [-0.39, 0.29) is 13.0 Å². The molecule has 8 nitrogen and oxygen atoms in total. The summed E-state index contributed by atoms with van der Waals surface area (Å²) >= 11 is 0. The van der Waals surface area contributed by atoms with Crippen LogP contribution >= 0.6 is 0 Å². The van der Waals surface area contributed by atoms with E-state index in [2.05, 4.69) is 20.9 Å². The molecule has 0 aliphatic heterocycles. The van der Waals surface area contributed by atoms with Gasteiger partial charge in [0.1, 0.15) is 11.3 Å². The lowest BCUT2D eigenvalue weighted by atomic mass is 10.1. The Morgan fingerprint density at radius 3 is 2.67 bits per heavy atom. The van der Waals surface area contributed by atoms with Gasteiger partial charge in [0.15, 0.2) is 0 Å². The van der Waals surface area contributed by atoms with E-state index in [0.717, 1.165) is 0 Å². The summed E-state index contributed by atoms with van der Waals surface area (Å²) in [5.74, 6) is -0.408. The Morgan fingerprint density at radius 2 is 2.17 bits per heavy atom. The van der Waals surface area contributed by atoms with E-state index < -0.39 is 17.5 Å². The minimum absolute atomic E-state index is 0.0993. The molecule has 8 heteroatoms. The van der Waals surface area contributed by atoms with E-state index in [1.54, 1.807) is 20.0 Å². The van der Waals surface area contributed by atoms with E-state index in [0.29, 0.717) is 5.69 Å². The first-order valence-corrected chi connectivity index (χ1v) is 5.47. The van der Waals surface area contributed by atoms with Gasteiger partial charge in [0.2, 0.25) is 5.91 Å². The Kier molecular flexibility index (Phi) is 4.38. The topological polar surface area (TPSA) is 109 Å². The van der Waals surface area contributed by atoms with Crippen LogP contribution < -0.4 is 10.6 Å². The molecule has 0 atom stereocenters. The van der Waals surface area contributed by atoms with E-state index in [4.69, 9.17) is 0 Å². The van der Waals surface area contributed by atoms with Crippen molar-refractivity contribution in [3.63, 3.8) is 0 Å². The average Bonchev–Trinajstić information content (AvgIpc) is 2.74. The molecule has 0 aromatic carbocycles. The van der Waals surface area contributed by atoms with Gasteiger partial charge in [0.25, 0.3) is 0 Å². The zero-order chi connectivity index (χ0) is 13.8. The summed E-state index contributed by atoms with van der Waals surface area (Å²) in [6.07, 6.45) is 1.66. The first-order valence-electron chi connectivity index (χ1n) is 5.47. The number of aliphatic hydroxyl groups is 1. The second-order valence-corrected chi connectivity index (χ2v) is 4.30. The van der Waals surface area contributed by atoms with Crippen molar-refractivity contribution in [2.24, 2.45) is 0 Å². The Bertz CT molecular complexity index is 435. The highest BCUT2D eigenvalue weighted by molar-refractivity contribution is 5.94. The molecular formula is C10H17N5O3. The Balaban J connectivity index is 2.47. The van der Waals surface area contributed by atoms with E-state index in [9.17, 15) is 14.7 Å². The molecule has 100 valence electrons. The smallest absolute Gasteiger partial charge is 0.321 e. The summed E-state index contributed by atoms with van der Waals surface area (Å²) in [5.41, 5.74) is -0.642. The van der Waals surface area contributed by atoms with E-state index in [1.807, 2.05) is 0 Å². The SMILES string of the molecule is CNC(=O)NC(=O)CCn1cc(C(C)(C)O)nn1. The van der Waals surface area contributed by atoms with Gasteiger partial charge in [0, 0.05) is 13.5 Å². The number of aryl methyl sites for hydroxylation is 1. The molecule has 0 unspecified atom stereocenters. The molecule has 0 bridgehead atoms. The fraction of sp³-hybridized carbons (Fsp3) is 0.600. The van der Waals surface area contributed by atoms with Gasteiger partial charge in [-0.15, -0.1) is 5.10 Å². The summed E-state index contributed by atoms with van der Waals surface area (Å²) in [6, 6.07) is -0.546. The Morgan fingerprint density at radius 1 is 1.50 bits per heavy atom. The lowest BCUT2D eigenvalue weighted by Crippen LogP contribution is -2.37. The number of carbonyl (C=O) groups is 2. The van der Waals surface area contributed by atoms with Crippen molar-refractivity contribution in [1.29, 1.82) is 0 Å². The standard InChI is InChI=1S/C10H17N5O3/c1-10(2,18)7-6-15(14-13-7)5-4-8(16)12-9(17)11-3/h6,18H,4-5H2,1-3H3,(H2,11,12,16,17). The van der Waals surface area contributed by atoms with Crippen LogP contribution in [0.2, 0.25) is 0 Å². The third-order valence-corrected chi connectivity index (χ3v) is 2.21. The van der Waals surface area contributed by atoms with Crippen molar-refractivity contribution in [2.75, 3.05) is 7.05 Å². The van der Waals surface area contributed by atoms with Crippen LogP contribution in [0.5, 0.6) is 0 Å². The van der Waals surface area contributed by atoms with Gasteiger partial charge in [-0.05, 0) is 13.8 Å². The van der Waals surface area contributed by atoms with Crippen molar-refractivity contribution in [3.05, 3.63) is 11.9 Å². The number of nitrogens with one attached hydrogen (secondary N) is 2. The summed E-state index contributed by atoms with van der Waals surface area (Å²) < 4.78 is 1.44. The highest BCUT2D eigenvalue weighted by atomic mass is 16.3. The first kappa shape index (κ1) is 14.1. The zero-order valence-corrected chi connectivity index (χ0v) is 10.6. The number of amides is 3. The highest BCUT2D eigenvalue weighted by Gasteiger charge is 2.20. The Labute approximate surface area is 104 Å². The second-order valence-electron chi connectivity index (χ2n) is 4.30. The molecule has 1 aromatic heterocycles. The van der Waals surface area contributed by atoms with Crippen LogP contribution in [0, 0.1) is 0 Å². The summed E-state index contributed by atoms with van der Waals surface area (Å²) in [6.45, 7) is 3.48. The third kappa shape index (κ3) is 4.13. The molecular weight excluding hydrogens is 238 g/mol. The second kappa shape index (κ2) is 5.58. The molecule has 0 fully saturated rings. The van der Waals surface area contributed by atoms with Crippen molar-refractivity contribution < 1.29 is 14.7 Å². The molecule has 3 amide bonds. The average molecular weight is 255 g/mol. The predicted octanol–water partition coefficient (Wildman–Crippen LogP) is -0.649. The van der Waals surface area contributed by atoms with Crippen molar-refractivity contribution in [1.82, 2.24) is 25.6 Å². The van der Waals surface area contributed by atoms with Gasteiger partial charge in [-0.1, -0.05) is 5.21 Å². The lowest BCUT2D eigenvalue weighted by molar-refractivity contribution is -0.120. The molecule has 1 rings (SSSR count). The number of hydrogen-bond acceptors (Lipinski definition) is 5. The first-order chi connectivity index (χ1) is 8.32. The fourth-order valence-electron chi connectivity index (χ4n) is 1.16. The molecule has 0 aliphatic rings. The number of nitrogens with zero attached hydrogens (tertiary/aromatic N) is 3. The quantitative estimate of drug-likeness (QED) is 0.662. The molecule has 0 saturated heterocycles. The maximum Gasteiger partial charge on any atom is 0.321 e. The number of rotatable bonds is 4. The van der Waals surface area contributed by atoms with Crippen molar-refractivity contribution in [2.45, 2.75) is 32.4 Å². The zero-order valence-electron chi connectivity index (χ0n) is 10.6. The minimum Gasteiger partial charge on any atom is -0.384 e. The molecule has 0 radical (unpaired) electrons. The van der Waals surface area contributed by atoms with Crippen LogP contribution in [0.15, 0.2) is 6.20 Å². The van der Waals surface area contributed by atoms with E-state index >= 15 is 0 Å². The monoisotopic (exact) mass is 255 g/mol. The summed E-state index contributed by atoms with van der Waals surface area (Å²) in [7, 11) is 1.43. The minimum atomic E-state index is -1.07. The van der Waals surface area contributed by atoms with E-state index in [1.165, 1.54) is 11.7 Å². The van der Waals surface area contributed by atoms with Gasteiger partial charge >= 0.3 is 6.03 Å². The molecule has 0 spiro atoms. The number of urea groups is 1. The molecule has 18 heavy (non-hydrogen) atoms. The predicted molar refractivity (Wildman–Crippen MR) is 62.5 cm³/mol. The van der Waals surface area contributed by atoms with Crippen molar-refractivity contribution in [3.8, 4) is 0 Å². The molecule has 1 heterocycles. The number of aromatic nitrogens is 3. The highest BCUT2D eigenvalue weighted by Crippen LogP contribution is 2.15. The molecule has 3 N–H and O–H groups in total. The largest absolute Gasteiger partial charge is 0.384 e. The van der Waals surface area contributed by atoms with Crippen LogP contribution in [0.4, 0.5) is 4.79 Å². The lowest BCUT2D eigenvalue weighted by Gasteiger charge is -2.11. The van der Waals surface area contributed by atoms with Crippen LogP contribution in [0.25, 0.3) is 0 Å². The van der Waals surface area contributed by atoms with Crippen LogP contribution in [0.3, 0.4) is 0 Å². The summed E-state index contributed by atoms with van der Waals surface area (Å²) in [4.78, 5) is 22.2. The maximum absolute atomic E-state index is 11.3. The Hall–Kier alpha value is -1.96. The third-order valence-electron chi connectivity index (χ3n) is 2.21. The maximum atomic E-state index is 11.3. The van der Waals surface area contributed by atoms with Gasteiger partial charge in [-0.2, -0.15) is 0 Å². The molecule has 1 aromatic rings. The normalized spacial score (nSPS) is 11.1. The van der Waals surface area contributed by atoms with Crippen LogP contribution in [-0.4, -0.2) is 39.1 Å². The van der Waals surface area contributed by atoms with Gasteiger partial charge in [-0.3, -0.25) is 14.8 Å². The van der Waals surface area contributed by atoms with Crippen molar-refractivity contribution >= 4 is 11.9 Å². The van der Waals surface area contributed by atoms with Gasteiger partial charge in [0.05, 0.1) is 12.7 Å². The fourth-order valence-corrected chi connectivity index (χ4v) is 1.16. The molecule has 0 aliphatic carbocycles. The van der Waals surface area contributed by atoms with Gasteiger partial charge < -0.3 is 10.4 Å². The summed E-state index contributed by atoms with van der Waals surface area (Å²) in [5, 5.41) is 21.7. The number of hydrogen-bond donors (Lipinski definition) is 3.